The monoisotopic (exact) mass is 480 g/mol. The van der Waals surface area contributed by atoms with Crippen molar-refractivity contribution in [2.24, 2.45) is 5.84 Å². The van der Waals surface area contributed by atoms with E-state index in [-0.39, 0.29) is 0 Å². The Kier molecular flexibility index (Phi) is 12.4. The topological polar surface area (TPSA) is 70.4 Å². The second kappa shape index (κ2) is 15.3. The van der Waals surface area contributed by atoms with E-state index in [0.29, 0.717) is 6.54 Å². The summed E-state index contributed by atoms with van der Waals surface area (Å²) in [5.74, 6) is 6.43. The van der Waals surface area contributed by atoms with Crippen LogP contribution in [0.15, 0.2) is 88.8 Å². The van der Waals surface area contributed by atoms with Gasteiger partial charge in [0.25, 0.3) is 0 Å². The van der Waals surface area contributed by atoms with Gasteiger partial charge in [-0.1, -0.05) is 62.1 Å². The van der Waals surface area contributed by atoms with Gasteiger partial charge >= 0.3 is 0 Å². The molecule has 0 fully saturated rings. The maximum Gasteiger partial charge on any atom is 0.214 e. The molecule has 1 heterocycles. The molecule has 1 aliphatic carbocycles. The van der Waals surface area contributed by atoms with Gasteiger partial charge in [-0.3, -0.25) is 10.6 Å². The van der Waals surface area contributed by atoms with Gasteiger partial charge in [-0.05, 0) is 54.7 Å². The molecular formula is C28H40N4OS. The van der Waals surface area contributed by atoms with E-state index >= 15 is 0 Å². The Balaban J connectivity index is 0.000000248. The van der Waals surface area contributed by atoms with E-state index in [1.54, 1.807) is 0 Å². The first-order chi connectivity index (χ1) is 16.5. The van der Waals surface area contributed by atoms with E-state index in [4.69, 9.17) is 5.84 Å². The fraction of sp³-hybridized carbons (Fsp3) is 0.393. The number of allylic oxidation sites excluding steroid dienone is 5. The predicted molar refractivity (Wildman–Crippen MR) is 146 cm³/mol. The number of nitrogens with one attached hydrogen (secondary N) is 2. The summed E-state index contributed by atoms with van der Waals surface area (Å²) < 4.78 is 0. The molecular weight excluding hydrogens is 440 g/mol. The lowest BCUT2D eigenvalue weighted by Gasteiger charge is -2.26. The summed E-state index contributed by atoms with van der Waals surface area (Å²) in [6.07, 6.45) is 11.6. The molecule has 184 valence electrons. The summed E-state index contributed by atoms with van der Waals surface area (Å²) in [4.78, 5) is 14.7. The lowest BCUT2D eigenvalue weighted by molar-refractivity contribution is -0.116. The Morgan fingerprint density at radius 1 is 1.21 bits per heavy atom. The van der Waals surface area contributed by atoms with Gasteiger partial charge in [0.1, 0.15) is 0 Å². The molecule has 0 saturated carbocycles. The van der Waals surface area contributed by atoms with Crippen LogP contribution in [0.2, 0.25) is 0 Å². The third kappa shape index (κ3) is 9.65. The quantitative estimate of drug-likeness (QED) is 0.197. The first-order valence-electron chi connectivity index (χ1n) is 12.0. The van der Waals surface area contributed by atoms with Gasteiger partial charge in [-0.2, -0.15) is 0 Å². The lowest BCUT2D eigenvalue weighted by Crippen LogP contribution is -2.23. The average Bonchev–Trinajstić information content (AvgIpc) is 3.36. The molecule has 34 heavy (non-hydrogen) atoms. The van der Waals surface area contributed by atoms with Crippen molar-refractivity contribution in [1.29, 1.82) is 0 Å². The molecule has 0 atom stereocenters. The predicted octanol–water partition coefficient (Wildman–Crippen LogP) is 5.92. The van der Waals surface area contributed by atoms with Gasteiger partial charge in [-0.25, -0.2) is 0 Å². The first kappa shape index (κ1) is 27.5. The van der Waals surface area contributed by atoms with Crippen LogP contribution in [0.25, 0.3) is 0 Å². The fourth-order valence-electron chi connectivity index (χ4n) is 3.81. The summed E-state index contributed by atoms with van der Waals surface area (Å²) in [5, 5.41) is 3.27. The Morgan fingerprint density at radius 3 is 2.59 bits per heavy atom. The maximum absolute atomic E-state index is 11.4. The highest BCUT2D eigenvalue weighted by Gasteiger charge is 2.16. The fourth-order valence-corrected chi connectivity index (χ4v) is 4.82. The SMILES string of the molecule is C=C(CCNC(=C)CC1=CCCS1)NN.CCC1=C(N(C=O)Cc2ccccc2)C=C(C)CC1. The molecule has 0 radical (unpaired) electrons. The zero-order chi connectivity index (χ0) is 24.8. The molecule has 0 spiro atoms. The highest BCUT2D eigenvalue weighted by atomic mass is 32.2. The zero-order valence-electron chi connectivity index (χ0n) is 20.7. The van der Waals surface area contributed by atoms with Crippen molar-refractivity contribution < 1.29 is 4.79 Å². The number of hydrogen-bond acceptors (Lipinski definition) is 5. The van der Waals surface area contributed by atoms with Crippen molar-refractivity contribution in [3.63, 3.8) is 0 Å². The molecule has 4 N–H and O–H groups in total. The van der Waals surface area contributed by atoms with E-state index in [9.17, 15) is 4.79 Å². The van der Waals surface area contributed by atoms with E-state index in [0.717, 1.165) is 67.7 Å². The minimum absolute atomic E-state index is 0.646. The van der Waals surface area contributed by atoms with Crippen molar-refractivity contribution in [2.45, 2.75) is 58.9 Å². The van der Waals surface area contributed by atoms with Crippen molar-refractivity contribution in [1.82, 2.24) is 15.6 Å². The maximum atomic E-state index is 11.4. The first-order valence-corrected chi connectivity index (χ1v) is 13.0. The summed E-state index contributed by atoms with van der Waals surface area (Å²) >= 11 is 1.93. The third-order valence-corrected chi connectivity index (χ3v) is 6.92. The smallest absolute Gasteiger partial charge is 0.214 e. The van der Waals surface area contributed by atoms with Crippen LogP contribution in [0.4, 0.5) is 0 Å². The van der Waals surface area contributed by atoms with E-state index in [2.05, 4.69) is 62.0 Å². The number of amides is 1. The molecule has 0 unspecified atom stereocenters. The van der Waals surface area contributed by atoms with Crippen molar-refractivity contribution >= 4 is 18.2 Å². The number of carbonyl (C=O) groups is 1. The zero-order valence-corrected chi connectivity index (χ0v) is 21.6. The van der Waals surface area contributed by atoms with Crippen molar-refractivity contribution in [2.75, 3.05) is 12.3 Å². The van der Waals surface area contributed by atoms with Crippen LogP contribution < -0.4 is 16.6 Å². The molecule has 1 aromatic carbocycles. The third-order valence-electron chi connectivity index (χ3n) is 5.80. The van der Waals surface area contributed by atoms with Crippen LogP contribution in [-0.2, 0) is 11.3 Å². The highest BCUT2D eigenvalue weighted by Crippen LogP contribution is 2.29. The molecule has 5 nitrogen and oxygen atoms in total. The van der Waals surface area contributed by atoms with E-state index < -0.39 is 0 Å². The Bertz CT molecular complexity index is 918. The van der Waals surface area contributed by atoms with Gasteiger partial charge in [0, 0.05) is 42.2 Å². The minimum Gasteiger partial charge on any atom is -0.388 e. The molecule has 2 aliphatic rings. The minimum atomic E-state index is 0.646. The van der Waals surface area contributed by atoms with Crippen LogP contribution in [0.1, 0.15) is 57.9 Å². The van der Waals surface area contributed by atoms with Gasteiger partial charge in [-0.15, -0.1) is 11.8 Å². The Morgan fingerprint density at radius 2 is 1.97 bits per heavy atom. The number of thioether (sulfide) groups is 1. The highest BCUT2D eigenvalue weighted by molar-refractivity contribution is 8.03. The number of benzene rings is 1. The lowest BCUT2D eigenvalue weighted by atomic mass is 9.94. The van der Waals surface area contributed by atoms with Crippen molar-refractivity contribution in [3.8, 4) is 0 Å². The molecule has 0 saturated heterocycles. The number of hydrazine groups is 1. The van der Waals surface area contributed by atoms with Crippen LogP contribution in [-0.4, -0.2) is 23.6 Å². The van der Waals surface area contributed by atoms with Gasteiger partial charge in [0.2, 0.25) is 6.41 Å². The number of carbonyl (C=O) groups excluding carboxylic acids is 1. The largest absolute Gasteiger partial charge is 0.388 e. The number of nitrogens with two attached hydrogens (primary N) is 1. The molecule has 1 amide bonds. The van der Waals surface area contributed by atoms with E-state index in [1.165, 1.54) is 28.2 Å². The summed E-state index contributed by atoms with van der Waals surface area (Å²) in [5.41, 5.74) is 9.44. The molecule has 1 aromatic rings. The normalized spacial score (nSPS) is 14.9. The molecule has 0 bridgehead atoms. The summed E-state index contributed by atoms with van der Waals surface area (Å²) in [6, 6.07) is 10.1. The van der Waals surface area contributed by atoms with Gasteiger partial charge in [0.05, 0.1) is 6.54 Å². The second-order valence-corrected chi connectivity index (χ2v) is 9.79. The Hall–Kier alpha value is -2.70. The molecule has 0 aromatic heterocycles. The average molecular weight is 481 g/mol. The second-order valence-electron chi connectivity index (χ2n) is 8.56. The van der Waals surface area contributed by atoms with Crippen LogP contribution in [0.3, 0.4) is 0 Å². The number of nitrogens with zero attached hydrogens (tertiary/aromatic N) is 1. The summed E-state index contributed by atoms with van der Waals surface area (Å²) in [6.45, 7) is 13.5. The molecule has 1 aliphatic heterocycles. The Labute approximate surface area is 209 Å². The van der Waals surface area contributed by atoms with Gasteiger partial charge in [0.15, 0.2) is 0 Å². The standard InChI is InChI=1S/C17H21NO.C11H19N3S/c1-3-16-10-9-14(2)11-17(16)18(13-19)12-15-7-5-4-6-8-15;1-9(14-12)5-6-13-10(2)8-11-4-3-7-15-11/h4-8,11,13H,3,9-10,12H2,1-2H3;4,13-14H,1-3,5-8,12H2. The van der Waals surface area contributed by atoms with E-state index in [1.807, 2.05) is 34.9 Å². The summed E-state index contributed by atoms with van der Waals surface area (Å²) in [7, 11) is 0. The van der Waals surface area contributed by atoms with Crippen LogP contribution >= 0.6 is 11.8 Å². The molecule has 6 heteroatoms. The molecule has 3 rings (SSSR count). The van der Waals surface area contributed by atoms with Crippen LogP contribution in [0.5, 0.6) is 0 Å². The van der Waals surface area contributed by atoms with Crippen molar-refractivity contribution in [3.05, 3.63) is 94.3 Å². The van der Waals surface area contributed by atoms with Crippen LogP contribution in [0, 0.1) is 0 Å². The van der Waals surface area contributed by atoms with Gasteiger partial charge < -0.3 is 15.6 Å². The number of rotatable bonds is 12. The number of hydrogen-bond donors (Lipinski definition) is 3.